The van der Waals surface area contributed by atoms with Crippen molar-refractivity contribution < 1.29 is 4.79 Å². The Balaban J connectivity index is 1.63. The normalized spacial score (nSPS) is 15.4. The molecule has 3 rings (SSSR count). The quantitative estimate of drug-likeness (QED) is 0.780. The Labute approximate surface area is 116 Å². The molecular weight excluding hydrogens is 256 g/mol. The smallest absolute Gasteiger partial charge is 0.257 e. The van der Waals surface area contributed by atoms with Gasteiger partial charge in [-0.2, -0.15) is 5.10 Å². The van der Waals surface area contributed by atoms with Gasteiger partial charge in [0, 0.05) is 51.8 Å². The molecule has 1 aliphatic rings. The molecule has 7 heteroatoms. The predicted molar refractivity (Wildman–Crippen MR) is 73.4 cm³/mol. The highest BCUT2D eigenvalue weighted by Crippen LogP contribution is 2.12. The second-order valence-electron chi connectivity index (χ2n) is 4.73. The number of aromatic nitrogens is 4. The molecule has 7 nitrogen and oxygen atoms in total. The van der Waals surface area contributed by atoms with Crippen LogP contribution in [0.4, 0.5) is 5.95 Å². The Morgan fingerprint density at radius 2 is 1.85 bits per heavy atom. The molecule has 0 saturated carbocycles. The van der Waals surface area contributed by atoms with Crippen LogP contribution in [0.15, 0.2) is 30.9 Å². The van der Waals surface area contributed by atoms with Crippen LogP contribution in [0.2, 0.25) is 0 Å². The van der Waals surface area contributed by atoms with Crippen LogP contribution in [0.1, 0.15) is 10.4 Å². The molecule has 0 spiro atoms. The summed E-state index contributed by atoms with van der Waals surface area (Å²) in [5.41, 5.74) is 0.636. The van der Waals surface area contributed by atoms with Crippen LogP contribution >= 0.6 is 0 Å². The van der Waals surface area contributed by atoms with Crippen LogP contribution in [0, 0.1) is 0 Å². The van der Waals surface area contributed by atoms with E-state index in [9.17, 15) is 4.79 Å². The molecule has 1 amide bonds. The minimum absolute atomic E-state index is 0.0340. The lowest BCUT2D eigenvalue weighted by Crippen LogP contribution is -2.49. The first-order chi connectivity index (χ1) is 9.74. The number of nitrogens with zero attached hydrogens (tertiary/aromatic N) is 6. The molecule has 3 heterocycles. The molecule has 0 bridgehead atoms. The van der Waals surface area contributed by atoms with Crippen LogP contribution in [0.5, 0.6) is 0 Å². The van der Waals surface area contributed by atoms with Gasteiger partial charge in [0.2, 0.25) is 5.95 Å². The van der Waals surface area contributed by atoms with Gasteiger partial charge in [0.1, 0.15) is 0 Å². The minimum atomic E-state index is 0.0340. The fraction of sp³-hybridized carbons (Fsp3) is 0.385. The third-order valence-electron chi connectivity index (χ3n) is 3.35. The van der Waals surface area contributed by atoms with E-state index in [-0.39, 0.29) is 5.91 Å². The molecule has 2 aromatic rings. The molecule has 0 aliphatic carbocycles. The Morgan fingerprint density at radius 3 is 2.45 bits per heavy atom. The van der Waals surface area contributed by atoms with Crippen molar-refractivity contribution in [1.82, 2.24) is 24.6 Å². The average molecular weight is 272 g/mol. The van der Waals surface area contributed by atoms with E-state index < -0.39 is 0 Å². The Hall–Kier alpha value is -2.44. The van der Waals surface area contributed by atoms with E-state index >= 15 is 0 Å². The van der Waals surface area contributed by atoms with Crippen LogP contribution in [-0.2, 0) is 7.05 Å². The molecule has 1 saturated heterocycles. The van der Waals surface area contributed by atoms with Gasteiger partial charge in [-0.05, 0) is 6.07 Å². The molecule has 104 valence electrons. The van der Waals surface area contributed by atoms with Crippen molar-refractivity contribution in [1.29, 1.82) is 0 Å². The third kappa shape index (κ3) is 2.47. The van der Waals surface area contributed by atoms with Crippen molar-refractivity contribution in [3.05, 3.63) is 36.4 Å². The van der Waals surface area contributed by atoms with E-state index in [1.807, 2.05) is 11.9 Å². The number of rotatable bonds is 2. The number of piperazine rings is 1. The first kappa shape index (κ1) is 12.6. The SMILES string of the molecule is Cn1cc(C(=O)N2CCN(c3ncccn3)CC2)cn1. The zero-order valence-electron chi connectivity index (χ0n) is 11.3. The predicted octanol–water partition coefficient (Wildman–Crippen LogP) is 0.172. The monoisotopic (exact) mass is 272 g/mol. The summed E-state index contributed by atoms with van der Waals surface area (Å²) in [5.74, 6) is 0.757. The lowest BCUT2D eigenvalue weighted by molar-refractivity contribution is 0.0746. The average Bonchev–Trinajstić information content (AvgIpc) is 2.94. The zero-order valence-corrected chi connectivity index (χ0v) is 11.3. The molecule has 0 aromatic carbocycles. The third-order valence-corrected chi connectivity index (χ3v) is 3.35. The Bertz CT molecular complexity index is 588. The highest BCUT2D eigenvalue weighted by atomic mass is 16.2. The fourth-order valence-electron chi connectivity index (χ4n) is 2.28. The lowest BCUT2D eigenvalue weighted by Gasteiger charge is -2.34. The first-order valence-electron chi connectivity index (χ1n) is 6.54. The highest BCUT2D eigenvalue weighted by Gasteiger charge is 2.23. The summed E-state index contributed by atoms with van der Waals surface area (Å²) in [6.45, 7) is 2.84. The van der Waals surface area contributed by atoms with E-state index in [4.69, 9.17) is 0 Å². The van der Waals surface area contributed by atoms with Crippen molar-refractivity contribution in [3.8, 4) is 0 Å². The van der Waals surface area contributed by atoms with E-state index in [1.54, 1.807) is 35.5 Å². The van der Waals surface area contributed by atoms with Crippen molar-refractivity contribution in [3.63, 3.8) is 0 Å². The van der Waals surface area contributed by atoms with Crippen LogP contribution in [-0.4, -0.2) is 56.7 Å². The maximum absolute atomic E-state index is 12.3. The van der Waals surface area contributed by atoms with Gasteiger partial charge in [0.05, 0.1) is 11.8 Å². The summed E-state index contributed by atoms with van der Waals surface area (Å²) >= 11 is 0. The highest BCUT2D eigenvalue weighted by molar-refractivity contribution is 5.93. The van der Waals surface area contributed by atoms with E-state index in [1.165, 1.54) is 0 Å². The van der Waals surface area contributed by atoms with E-state index in [0.29, 0.717) is 18.7 Å². The summed E-state index contributed by atoms with van der Waals surface area (Å²) in [5, 5.41) is 4.03. The molecule has 1 aliphatic heterocycles. The van der Waals surface area contributed by atoms with Gasteiger partial charge < -0.3 is 9.80 Å². The summed E-state index contributed by atoms with van der Waals surface area (Å²) in [6.07, 6.45) is 6.81. The largest absolute Gasteiger partial charge is 0.337 e. The second-order valence-corrected chi connectivity index (χ2v) is 4.73. The minimum Gasteiger partial charge on any atom is -0.337 e. The summed E-state index contributed by atoms with van der Waals surface area (Å²) in [4.78, 5) is 24.7. The lowest BCUT2D eigenvalue weighted by atomic mass is 10.2. The number of hydrogen-bond acceptors (Lipinski definition) is 5. The number of aryl methyl sites for hydroxylation is 1. The summed E-state index contributed by atoms with van der Waals surface area (Å²) in [7, 11) is 1.81. The van der Waals surface area contributed by atoms with Crippen LogP contribution in [0.25, 0.3) is 0 Å². The summed E-state index contributed by atoms with van der Waals surface area (Å²) < 4.78 is 1.64. The second kappa shape index (κ2) is 5.28. The Kier molecular flexibility index (Phi) is 3.32. The van der Waals surface area contributed by atoms with Crippen LogP contribution < -0.4 is 4.90 Å². The van der Waals surface area contributed by atoms with Gasteiger partial charge in [-0.3, -0.25) is 9.48 Å². The number of carbonyl (C=O) groups is 1. The number of carbonyl (C=O) groups excluding carboxylic acids is 1. The van der Waals surface area contributed by atoms with E-state index in [2.05, 4.69) is 20.0 Å². The van der Waals surface area contributed by atoms with Crippen LogP contribution in [0.3, 0.4) is 0 Å². The number of amides is 1. The molecule has 0 N–H and O–H groups in total. The standard InChI is InChI=1S/C13H16N6O/c1-17-10-11(9-16-17)12(20)18-5-7-19(8-6-18)13-14-3-2-4-15-13/h2-4,9-10H,5-8H2,1H3. The maximum atomic E-state index is 12.3. The van der Waals surface area contributed by atoms with Gasteiger partial charge in [-0.1, -0.05) is 0 Å². The summed E-state index contributed by atoms with van der Waals surface area (Å²) in [6, 6.07) is 1.80. The molecule has 2 aromatic heterocycles. The van der Waals surface area contributed by atoms with Crippen molar-refractivity contribution in [2.24, 2.45) is 7.05 Å². The topological polar surface area (TPSA) is 67.2 Å². The zero-order chi connectivity index (χ0) is 13.9. The van der Waals surface area contributed by atoms with Crippen molar-refractivity contribution in [2.45, 2.75) is 0 Å². The number of hydrogen-bond donors (Lipinski definition) is 0. The molecule has 0 atom stereocenters. The van der Waals surface area contributed by atoms with Gasteiger partial charge >= 0.3 is 0 Å². The maximum Gasteiger partial charge on any atom is 0.257 e. The molecule has 20 heavy (non-hydrogen) atoms. The van der Waals surface area contributed by atoms with E-state index in [0.717, 1.165) is 19.0 Å². The molecule has 0 unspecified atom stereocenters. The number of anilines is 1. The Morgan fingerprint density at radius 1 is 1.15 bits per heavy atom. The molecule has 1 fully saturated rings. The van der Waals surface area contributed by atoms with Gasteiger partial charge in [0.15, 0.2) is 0 Å². The fourth-order valence-corrected chi connectivity index (χ4v) is 2.28. The van der Waals surface area contributed by atoms with Gasteiger partial charge in [-0.25, -0.2) is 9.97 Å². The molecular formula is C13H16N6O. The van der Waals surface area contributed by atoms with Crippen molar-refractivity contribution in [2.75, 3.05) is 31.1 Å². The first-order valence-corrected chi connectivity index (χ1v) is 6.54. The van der Waals surface area contributed by atoms with Gasteiger partial charge in [0.25, 0.3) is 5.91 Å². The molecule has 0 radical (unpaired) electrons. The van der Waals surface area contributed by atoms with Gasteiger partial charge in [-0.15, -0.1) is 0 Å². The van der Waals surface area contributed by atoms with Crippen molar-refractivity contribution >= 4 is 11.9 Å².